The van der Waals surface area contributed by atoms with Crippen LogP contribution in [0.15, 0.2) is 24.3 Å². The van der Waals surface area contributed by atoms with E-state index in [1.54, 1.807) is 5.56 Å². The number of hydrogen-bond acceptors (Lipinski definition) is 1. The Morgan fingerprint density at radius 2 is 1.93 bits per heavy atom. The smallest absolute Gasteiger partial charge is 0.00505 e. The van der Waals surface area contributed by atoms with Gasteiger partial charge in [-0.25, -0.2) is 0 Å². The van der Waals surface area contributed by atoms with Crippen molar-refractivity contribution in [1.82, 2.24) is 4.90 Å². The molecule has 0 aromatic heterocycles. The Morgan fingerprint density at radius 1 is 1.21 bits per heavy atom. The highest BCUT2D eigenvalue weighted by Crippen LogP contribution is 2.32. The molecule has 0 N–H and O–H groups in total. The number of likely N-dealkylation sites (tertiary alicyclic amines) is 1. The minimum atomic E-state index is 0.737. The van der Waals surface area contributed by atoms with Crippen molar-refractivity contribution in [3.8, 4) is 0 Å². The van der Waals surface area contributed by atoms with Crippen molar-refractivity contribution < 1.29 is 0 Å². The van der Waals surface area contributed by atoms with Gasteiger partial charge in [-0.3, -0.25) is 0 Å². The SMILES string of the molecule is Cc1ccccc1[C@H]1CN(C)C[C@@H]1C. The first-order chi connectivity index (χ1) is 6.68. The van der Waals surface area contributed by atoms with Crippen molar-refractivity contribution in [3.05, 3.63) is 35.4 Å². The predicted molar refractivity (Wildman–Crippen MR) is 60.6 cm³/mol. The Bertz CT molecular complexity index is 319. The van der Waals surface area contributed by atoms with Crippen LogP contribution in [0.1, 0.15) is 24.0 Å². The van der Waals surface area contributed by atoms with E-state index in [1.807, 2.05) is 0 Å². The van der Waals surface area contributed by atoms with E-state index in [2.05, 4.69) is 50.1 Å². The van der Waals surface area contributed by atoms with Crippen LogP contribution in [0.25, 0.3) is 0 Å². The molecule has 0 unspecified atom stereocenters. The molecule has 2 atom stereocenters. The van der Waals surface area contributed by atoms with Gasteiger partial charge < -0.3 is 4.90 Å². The highest BCUT2D eigenvalue weighted by molar-refractivity contribution is 5.30. The molecule has 0 amide bonds. The maximum Gasteiger partial charge on any atom is 0.00505 e. The summed E-state index contributed by atoms with van der Waals surface area (Å²) in [5.41, 5.74) is 2.99. The van der Waals surface area contributed by atoms with Gasteiger partial charge in [-0.05, 0) is 31.0 Å². The van der Waals surface area contributed by atoms with Crippen LogP contribution in [0.5, 0.6) is 0 Å². The lowest BCUT2D eigenvalue weighted by Gasteiger charge is -2.16. The van der Waals surface area contributed by atoms with Crippen molar-refractivity contribution >= 4 is 0 Å². The largest absolute Gasteiger partial charge is 0.305 e. The van der Waals surface area contributed by atoms with Gasteiger partial charge in [-0.15, -0.1) is 0 Å². The average molecular weight is 189 g/mol. The summed E-state index contributed by atoms with van der Waals surface area (Å²) in [4.78, 5) is 2.43. The second-order valence-electron chi connectivity index (χ2n) is 4.66. The van der Waals surface area contributed by atoms with Gasteiger partial charge in [0.1, 0.15) is 0 Å². The molecule has 1 aromatic carbocycles. The fourth-order valence-electron chi connectivity index (χ4n) is 2.62. The van der Waals surface area contributed by atoms with E-state index in [1.165, 1.54) is 18.7 Å². The zero-order chi connectivity index (χ0) is 10.1. The Morgan fingerprint density at radius 3 is 2.50 bits per heavy atom. The van der Waals surface area contributed by atoms with Gasteiger partial charge in [-0.1, -0.05) is 31.2 Å². The second-order valence-corrected chi connectivity index (χ2v) is 4.66. The molecule has 1 heteroatoms. The van der Waals surface area contributed by atoms with Crippen LogP contribution in [0, 0.1) is 12.8 Å². The lowest BCUT2D eigenvalue weighted by molar-refractivity contribution is 0.401. The number of rotatable bonds is 1. The topological polar surface area (TPSA) is 3.24 Å². The first kappa shape index (κ1) is 9.72. The highest BCUT2D eigenvalue weighted by Gasteiger charge is 2.28. The fraction of sp³-hybridized carbons (Fsp3) is 0.538. The Hall–Kier alpha value is -0.820. The van der Waals surface area contributed by atoms with Crippen molar-refractivity contribution in [2.75, 3.05) is 20.1 Å². The van der Waals surface area contributed by atoms with E-state index in [-0.39, 0.29) is 0 Å². The minimum Gasteiger partial charge on any atom is -0.305 e. The quantitative estimate of drug-likeness (QED) is 0.656. The van der Waals surface area contributed by atoms with Crippen LogP contribution in [0.3, 0.4) is 0 Å². The van der Waals surface area contributed by atoms with Crippen LogP contribution >= 0.6 is 0 Å². The summed E-state index contributed by atoms with van der Waals surface area (Å²) in [6, 6.07) is 8.80. The molecule has 1 heterocycles. The Balaban J connectivity index is 2.27. The molecule has 1 saturated heterocycles. The van der Waals surface area contributed by atoms with Gasteiger partial charge in [0.05, 0.1) is 0 Å². The zero-order valence-corrected chi connectivity index (χ0v) is 9.33. The monoisotopic (exact) mass is 189 g/mol. The van der Waals surface area contributed by atoms with Gasteiger partial charge in [0.15, 0.2) is 0 Å². The maximum atomic E-state index is 2.43. The standard InChI is InChI=1S/C13H19N/c1-10-6-4-5-7-12(10)13-9-14(3)8-11(13)2/h4-7,11,13H,8-9H2,1-3H3/t11-,13-/m0/s1. The molecule has 0 spiro atoms. The molecular weight excluding hydrogens is 170 g/mol. The number of likely N-dealkylation sites (N-methyl/N-ethyl adjacent to an activating group) is 1. The van der Waals surface area contributed by atoms with Gasteiger partial charge >= 0.3 is 0 Å². The van der Waals surface area contributed by atoms with Crippen molar-refractivity contribution in [3.63, 3.8) is 0 Å². The molecule has 1 aromatic rings. The van der Waals surface area contributed by atoms with Crippen LogP contribution in [0.4, 0.5) is 0 Å². The molecule has 1 nitrogen and oxygen atoms in total. The normalized spacial score (nSPS) is 28.2. The van der Waals surface area contributed by atoms with Crippen LogP contribution in [-0.4, -0.2) is 25.0 Å². The molecule has 0 saturated carbocycles. The van der Waals surface area contributed by atoms with Crippen molar-refractivity contribution in [1.29, 1.82) is 0 Å². The molecule has 0 aliphatic carbocycles. The number of benzene rings is 1. The molecule has 1 aliphatic heterocycles. The summed E-state index contributed by atoms with van der Waals surface area (Å²) in [7, 11) is 2.22. The van der Waals surface area contributed by atoms with Crippen LogP contribution in [-0.2, 0) is 0 Å². The highest BCUT2D eigenvalue weighted by atomic mass is 15.1. The van der Waals surface area contributed by atoms with Crippen LogP contribution in [0.2, 0.25) is 0 Å². The summed E-state index contributed by atoms with van der Waals surface area (Å²) in [5, 5.41) is 0. The van der Waals surface area contributed by atoms with E-state index in [4.69, 9.17) is 0 Å². The summed E-state index contributed by atoms with van der Waals surface area (Å²) in [6.07, 6.45) is 0. The van der Waals surface area contributed by atoms with Gasteiger partial charge in [-0.2, -0.15) is 0 Å². The summed E-state index contributed by atoms with van der Waals surface area (Å²) >= 11 is 0. The molecular formula is C13H19N. The Kier molecular flexibility index (Phi) is 2.60. The van der Waals surface area contributed by atoms with Crippen molar-refractivity contribution in [2.45, 2.75) is 19.8 Å². The van der Waals surface area contributed by atoms with Gasteiger partial charge in [0.25, 0.3) is 0 Å². The lowest BCUT2D eigenvalue weighted by atomic mass is 9.88. The van der Waals surface area contributed by atoms with Crippen LogP contribution < -0.4 is 0 Å². The molecule has 2 rings (SSSR count). The molecule has 1 fully saturated rings. The number of nitrogens with zero attached hydrogens (tertiary/aromatic N) is 1. The number of hydrogen-bond donors (Lipinski definition) is 0. The third kappa shape index (κ3) is 1.69. The molecule has 0 radical (unpaired) electrons. The van der Waals surface area contributed by atoms with E-state index in [0.717, 1.165) is 11.8 Å². The third-order valence-electron chi connectivity index (χ3n) is 3.38. The average Bonchev–Trinajstić information content (AvgIpc) is 2.46. The molecule has 76 valence electrons. The third-order valence-corrected chi connectivity index (χ3v) is 3.38. The van der Waals surface area contributed by atoms with Gasteiger partial charge in [0, 0.05) is 19.0 Å². The Labute approximate surface area is 86.7 Å². The summed E-state index contributed by atoms with van der Waals surface area (Å²) < 4.78 is 0. The van der Waals surface area contributed by atoms with E-state index < -0.39 is 0 Å². The molecule has 0 bridgehead atoms. The first-order valence-electron chi connectivity index (χ1n) is 5.42. The van der Waals surface area contributed by atoms with Crippen molar-refractivity contribution in [2.24, 2.45) is 5.92 Å². The second kappa shape index (κ2) is 3.74. The van der Waals surface area contributed by atoms with Gasteiger partial charge in [0.2, 0.25) is 0 Å². The maximum absolute atomic E-state index is 2.43. The van der Waals surface area contributed by atoms with E-state index in [9.17, 15) is 0 Å². The minimum absolute atomic E-state index is 0.737. The lowest BCUT2D eigenvalue weighted by Crippen LogP contribution is -2.13. The fourth-order valence-corrected chi connectivity index (χ4v) is 2.62. The predicted octanol–water partition coefficient (Wildman–Crippen LogP) is 2.66. The summed E-state index contributed by atoms with van der Waals surface area (Å²) in [5.74, 6) is 1.53. The molecule has 1 aliphatic rings. The zero-order valence-electron chi connectivity index (χ0n) is 9.33. The summed E-state index contributed by atoms with van der Waals surface area (Å²) in [6.45, 7) is 7.03. The van der Waals surface area contributed by atoms with E-state index in [0.29, 0.717) is 0 Å². The van der Waals surface area contributed by atoms with E-state index >= 15 is 0 Å². The number of aryl methyl sites for hydroxylation is 1. The molecule has 14 heavy (non-hydrogen) atoms. The first-order valence-corrected chi connectivity index (χ1v) is 5.42.